The number of carboxylic acid groups (broad SMARTS) is 2. The van der Waals surface area contributed by atoms with Crippen molar-refractivity contribution in [2.45, 2.75) is 193 Å². The average Bonchev–Trinajstić information content (AvgIpc) is 3.35. The van der Waals surface area contributed by atoms with Crippen LogP contribution >= 0.6 is 0 Å². The van der Waals surface area contributed by atoms with E-state index in [4.69, 9.17) is 29.3 Å². The molecule has 0 saturated carbocycles. The number of rotatable bonds is 49. The molecule has 0 aromatic carbocycles. The van der Waals surface area contributed by atoms with Crippen LogP contribution in [0.2, 0.25) is 0 Å². The maximum atomic E-state index is 12.3. The number of nitrogens with one attached hydrogen (secondary N) is 6. The topological polar surface area (TPSA) is 306 Å². The van der Waals surface area contributed by atoms with Crippen molar-refractivity contribution in [2.24, 2.45) is 0 Å². The second-order valence-electron chi connectivity index (χ2n) is 17.4. The fourth-order valence-corrected chi connectivity index (χ4v) is 6.26. The molecule has 0 radical (unpaired) electrons. The Morgan fingerprint density at radius 1 is 0.507 bits per heavy atom. The Balaban J connectivity index is -0.00000468. The highest BCUT2D eigenvalue weighted by Crippen LogP contribution is 2.14. The molecule has 0 aliphatic rings. The molecule has 0 rings (SSSR count). The third-order valence-corrected chi connectivity index (χ3v) is 10.7. The van der Waals surface area contributed by atoms with E-state index in [0.29, 0.717) is 38.5 Å². The Labute approximate surface area is 424 Å². The van der Waals surface area contributed by atoms with Gasteiger partial charge in [-0.1, -0.05) is 104 Å². The minimum Gasteiger partial charge on any atom is -0.481 e. The van der Waals surface area contributed by atoms with Gasteiger partial charge in [-0.15, -0.1) is 0 Å². The van der Waals surface area contributed by atoms with Gasteiger partial charge in [-0.2, -0.15) is 5.48 Å². The van der Waals surface area contributed by atoms with Crippen LogP contribution in [0, 0.1) is 0 Å². The quantitative estimate of drug-likeness (QED) is 0.0225. The molecule has 416 valence electrons. The molecule has 21 nitrogen and oxygen atoms in total. The van der Waals surface area contributed by atoms with Gasteiger partial charge < -0.3 is 70.5 Å². The molecule has 0 fully saturated rings. The van der Waals surface area contributed by atoms with E-state index in [9.17, 15) is 43.5 Å². The Hall–Kier alpha value is -4.12. The third kappa shape index (κ3) is 55.1. The number of unbranched alkanes of at least 4 members (excludes halogenated alkanes) is 16. The van der Waals surface area contributed by atoms with Crippen LogP contribution < -0.4 is 32.1 Å². The van der Waals surface area contributed by atoms with E-state index in [-0.39, 0.29) is 121 Å². The SMILES string of the molecule is CC.CNC(C)(C)C=O.O=CC(CCCCNC(=O)COCCOCCNC(=O)COCCOCCNC(=O)CCC(NC(=O)CCCCCCCCCCCCCCCCCCC(=O)O)C(=O)O)NO. The highest BCUT2D eigenvalue weighted by molar-refractivity contribution is 5.84. The molecular formula is C50H96N6O15. The van der Waals surface area contributed by atoms with Crippen LogP contribution in [-0.2, 0) is 57.3 Å². The van der Waals surface area contributed by atoms with Crippen molar-refractivity contribution in [1.82, 2.24) is 32.1 Å². The molecule has 21 heteroatoms. The number of amides is 4. The van der Waals surface area contributed by atoms with Crippen LogP contribution in [0.3, 0.4) is 0 Å². The second kappa shape index (κ2) is 53.7. The van der Waals surface area contributed by atoms with E-state index >= 15 is 0 Å². The van der Waals surface area contributed by atoms with Crippen molar-refractivity contribution >= 4 is 48.1 Å². The summed E-state index contributed by atoms with van der Waals surface area (Å²) >= 11 is 0. The zero-order valence-electron chi connectivity index (χ0n) is 44.1. The molecule has 71 heavy (non-hydrogen) atoms. The summed E-state index contributed by atoms with van der Waals surface area (Å²) in [5.74, 6) is -3.17. The smallest absolute Gasteiger partial charge is 0.326 e. The second-order valence-corrected chi connectivity index (χ2v) is 17.4. The summed E-state index contributed by atoms with van der Waals surface area (Å²) in [7, 11) is 1.76. The monoisotopic (exact) mass is 1020 g/mol. The minimum atomic E-state index is -1.18. The summed E-state index contributed by atoms with van der Waals surface area (Å²) in [4.78, 5) is 90.9. The molecule has 0 heterocycles. The van der Waals surface area contributed by atoms with Crippen molar-refractivity contribution in [3.05, 3.63) is 0 Å². The number of carbonyl (C=O) groups is 8. The Morgan fingerprint density at radius 3 is 1.32 bits per heavy atom. The van der Waals surface area contributed by atoms with E-state index in [1.807, 2.05) is 33.2 Å². The van der Waals surface area contributed by atoms with Crippen LogP contribution in [-0.4, -0.2) is 161 Å². The lowest BCUT2D eigenvalue weighted by molar-refractivity contribution is -0.142. The van der Waals surface area contributed by atoms with Gasteiger partial charge in [-0.05, 0) is 59.4 Å². The predicted molar refractivity (Wildman–Crippen MR) is 271 cm³/mol. The van der Waals surface area contributed by atoms with Gasteiger partial charge in [0.25, 0.3) is 0 Å². The molecule has 0 aliphatic heterocycles. The summed E-state index contributed by atoms with van der Waals surface area (Å²) in [6, 6.07) is -1.75. The molecular weight excluding hydrogens is 925 g/mol. The maximum Gasteiger partial charge on any atom is 0.326 e. The van der Waals surface area contributed by atoms with Crippen LogP contribution in [0.25, 0.3) is 0 Å². The van der Waals surface area contributed by atoms with E-state index in [1.165, 1.54) is 57.8 Å². The molecule has 0 spiro atoms. The minimum absolute atomic E-state index is 0.0270. The molecule has 9 N–H and O–H groups in total. The summed E-state index contributed by atoms with van der Waals surface area (Å²) in [5.41, 5.74) is 1.56. The number of hydroxylamine groups is 1. The van der Waals surface area contributed by atoms with Crippen LogP contribution in [0.15, 0.2) is 0 Å². The molecule has 0 bridgehead atoms. The molecule has 2 atom stereocenters. The van der Waals surface area contributed by atoms with Crippen molar-refractivity contribution in [1.29, 1.82) is 0 Å². The van der Waals surface area contributed by atoms with Gasteiger partial charge in [0.15, 0.2) is 0 Å². The highest BCUT2D eigenvalue weighted by atomic mass is 16.5. The lowest BCUT2D eigenvalue weighted by Gasteiger charge is -2.14. The summed E-state index contributed by atoms with van der Waals surface area (Å²) < 4.78 is 21.3. The van der Waals surface area contributed by atoms with Crippen LogP contribution in [0.5, 0.6) is 0 Å². The summed E-state index contributed by atoms with van der Waals surface area (Å²) in [5, 5.41) is 40.3. The third-order valence-electron chi connectivity index (χ3n) is 10.7. The maximum absolute atomic E-state index is 12.3. The lowest BCUT2D eigenvalue weighted by Crippen LogP contribution is -2.41. The van der Waals surface area contributed by atoms with E-state index in [2.05, 4.69) is 26.6 Å². The van der Waals surface area contributed by atoms with Gasteiger partial charge in [0.05, 0.1) is 51.2 Å². The van der Waals surface area contributed by atoms with Crippen molar-refractivity contribution in [2.75, 3.05) is 79.5 Å². The average molecular weight is 1020 g/mol. The first kappa shape index (κ1) is 71.1. The zero-order valence-corrected chi connectivity index (χ0v) is 44.1. The number of hydrogen-bond acceptors (Lipinski definition) is 15. The number of hydrogen-bond donors (Lipinski definition) is 9. The van der Waals surface area contributed by atoms with Crippen LogP contribution in [0.1, 0.15) is 175 Å². The number of likely N-dealkylation sites (N-methyl/N-ethyl adjacent to an activating group) is 1. The van der Waals surface area contributed by atoms with E-state index < -0.39 is 24.0 Å². The fourth-order valence-electron chi connectivity index (χ4n) is 6.26. The summed E-state index contributed by atoms with van der Waals surface area (Å²) in [6.07, 6.45) is 21.6. The van der Waals surface area contributed by atoms with E-state index in [0.717, 1.165) is 44.8 Å². The first-order valence-corrected chi connectivity index (χ1v) is 26.1. The molecule has 0 aliphatic carbocycles. The lowest BCUT2D eigenvalue weighted by atomic mass is 10.0. The molecule has 0 aromatic heterocycles. The number of ether oxygens (including phenoxy) is 4. The Bertz CT molecular complexity index is 1340. The Morgan fingerprint density at radius 2 is 0.930 bits per heavy atom. The van der Waals surface area contributed by atoms with E-state index in [1.54, 1.807) is 7.05 Å². The first-order valence-electron chi connectivity index (χ1n) is 26.1. The Kier molecular flexibility index (Phi) is 53.8. The number of aldehydes is 2. The normalized spacial score (nSPS) is 11.7. The van der Waals surface area contributed by atoms with Crippen molar-refractivity contribution in [3.63, 3.8) is 0 Å². The number of carbonyl (C=O) groups excluding carboxylic acids is 6. The van der Waals surface area contributed by atoms with Gasteiger partial charge in [0.2, 0.25) is 23.6 Å². The van der Waals surface area contributed by atoms with Gasteiger partial charge in [0.1, 0.15) is 31.8 Å². The molecule has 0 aromatic rings. The standard InChI is InChI=1S/C43H79N5O14.C5H11NO.C2H6/c49-33-36(48-58)19-17-18-24-44-40(52)34-61-31-30-60-28-26-46-41(53)35-62-32-29-59-27-25-45-38(50)23-22-37(43(56)57)47-39(51)20-15-13-11-9-7-5-3-1-2-4-6-8-10-12-14-16-21-42(54)55;1-5(2,4-7)6-3;1-2/h33,36-37,48,58H,1-32,34-35H2,(H,44,52)(H,45,50)(H,46,53)(H,47,51)(H,54,55)(H,56,57);4,6H,1-3H3;1-2H3. The molecule has 0 saturated heterocycles. The van der Waals surface area contributed by atoms with Crippen LogP contribution in [0.4, 0.5) is 0 Å². The van der Waals surface area contributed by atoms with Gasteiger partial charge in [-0.3, -0.25) is 24.0 Å². The van der Waals surface area contributed by atoms with Gasteiger partial charge in [0, 0.05) is 38.9 Å². The first-order chi connectivity index (χ1) is 34.2. The van der Waals surface area contributed by atoms with Crippen molar-refractivity contribution < 1.29 is 72.7 Å². The predicted octanol–water partition coefficient (Wildman–Crippen LogP) is 4.78. The number of carboxylic acids is 2. The van der Waals surface area contributed by atoms with Gasteiger partial charge >= 0.3 is 11.9 Å². The highest BCUT2D eigenvalue weighted by Gasteiger charge is 2.21. The summed E-state index contributed by atoms with van der Waals surface area (Å²) in [6.45, 7) is 9.52. The van der Waals surface area contributed by atoms with Gasteiger partial charge in [-0.25, -0.2) is 4.79 Å². The molecule has 4 amide bonds. The fraction of sp³-hybridized carbons (Fsp3) is 0.840. The van der Waals surface area contributed by atoms with Crippen molar-refractivity contribution in [3.8, 4) is 0 Å². The molecule has 2 unspecified atom stereocenters. The number of aliphatic carboxylic acids is 2. The zero-order chi connectivity index (χ0) is 53.6. The largest absolute Gasteiger partial charge is 0.481 e.